The Balaban J connectivity index is 2.90. The average Bonchev–Trinajstić information content (AvgIpc) is 2.24. The molecule has 0 fully saturated rings. The molecule has 17 heavy (non-hydrogen) atoms. The lowest BCUT2D eigenvalue weighted by Crippen LogP contribution is -2.21. The first-order chi connectivity index (χ1) is 7.83. The minimum absolute atomic E-state index is 0.257. The molecule has 0 unspecified atom stereocenters. The molecule has 0 saturated heterocycles. The molecular weight excluding hydrogens is 231 g/mol. The zero-order valence-electron chi connectivity index (χ0n) is 10.1. The van der Waals surface area contributed by atoms with Gasteiger partial charge in [-0.05, 0) is 23.6 Å². The summed E-state index contributed by atoms with van der Waals surface area (Å²) in [6.07, 6.45) is -4.24. The minimum Gasteiger partial charge on any atom is -0.495 e. The van der Waals surface area contributed by atoms with Crippen LogP contribution in [0.3, 0.4) is 0 Å². The molecule has 2 nitrogen and oxygen atoms in total. The highest BCUT2D eigenvalue weighted by atomic mass is 19.4. The van der Waals surface area contributed by atoms with Gasteiger partial charge in [-0.25, -0.2) is 0 Å². The smallest absolute Gasteiger partial charge is 0.405 e. The van der Waals surface area contributed by atoms with Gasteiger partial charge >= 0.3 is 6.18 Å². The van der Waals surface area contributed by atoms with E-state index in [9.17, 15) is 13.2 Å². The molecule has 0 radical (unpaired) electrons. The van der Waals surface area contributed by atoms with Gasteiger partial charge in [0.05, 0.1) is 12.8 Å². The van der Waals surface area contributed by atoms with Gasteiger partial charge in [-0.2, -0.15) is 13.2 Å². The largest absolute Gasteiger partial charge is 0.495 e. The van der Waals surface area contributed by atoms with Crippen LogP contribution in [-0.2, 0) is 0 Å². The number of anilines is 1. The zero-order chi connectivity index (χ0) is 13.1. The molecule has 5 heteroatoms. The molecule has 0 aliphatic carbocycles. The fourth-order valence-electron chi connectivity index (χ4n) is 1.42. The second kappa shape index (κ2) is 5.29. The van der Waals surface area contributed by atoms with Crippen molar-refractivity contribution in [2.75, 3.05) is 19.0 Å². The summed E-state index contributed by atoms with van der Waals surface area (Å²) in [4.78, 5) is 0. The predicted molar refractivity (Wildman–Crippen MR) is 61.6 cm³/mol. The minimum atomic E-state index is -4.24. The fourth-order valence-corrected chi connectivity index (χ4v) is 1.42. The Bertz CT molecular complexity index is 375. The Labute approximate surface area is 98.8 Å². The molecule has 0 saturated carbocycles. The monoisotopic (exact) mass is 247 g/mol. The molecule has 0 atom stereocenters. The van der Waals surface area contributed by atoms with Crippen LogP contribution in [-0.4, -0.2) is 19.8 Å². The van der Waals surface area contributed by atoms with E-state index in [1.54, 1.807) is 12.1 Å². The fraction of sp³-hybridized carbons (Fsp3) is 0.500. The number of hydrogen-bond acceptors (Lipinski definition) is 2. The van der Waals surface area contributed by atoms with Crippen molar-refractivity contribution in [2.45, 2.75) is 25.9 Å². The van der Waals surface area contributed by atoms with E-state index in [0.29, 0.717) is 11.4 Å². The topological polar surface area (TPSA) is 21.3 Å². The first-order valence-corrected chi connectivity index (χ1v) is 5.32. The maximum absolute atomic E-state index is 12.1. The molecule has 1 aromatic carbocycles. The van der Waals surface area contributed by atoms with Crippen LogP contribution in [0.1, 0.15) is 25.3 Å². The van der Waals surface area contributed by atoms with Crippen LogP contribution in [0.25, 0.3) is 0 Å². The maximum atomic E-state index is 12.1. The number of methoxy groups -OCH3 is 1. The van der Waals surface area contributed by atoms with Crippen LogP contribution < -0.4 is 10.1 Å². The quantitative estimate of drug-likeness (QED) is 0.873. The second-order valence-electron chi connectivity index (χ2n) is 4.08. The third kappa shape index (κ3) is 4.17. The van der Waals surface area contributed by atoms with Crippen LogP contribution in [0.15, 0.2) is 18.2 Å². The highest BCUT2D eigenvalue weighted by molar-refractivity contribution is 5.58. The summed E-state index contributed by atoms with van der Waals surface area (Å²) >= 11 is 0. The van der Waals surface area contributed by atoms with Gasteiger partial charge in [0, 0.05) is 0 Å². The van der Waals surface area contributed by atoms with Gasteiger partial charge in [-0.15, -0.1) is 0 Å². The molecule has 0 aliphatic rings. The Hall–Kier alpha value is -1.39. The van der Waals surface area contributed by atoms with Gasteiger partial charge in [0.2, 0.25) is 0 Å². The molecule has 0 heterocycles. The van der Waals surface area contributed by atoms with E-state index in [1.807, 2.05) is 19.9 Å². The highest BCUT2D eigenvalue weighted by Gasteiger charge is 2.27. The first kappa shape index (κ1) is 13.7. The Morgan fingerprint density at radius 3 is 2.41 bits per heavy atom. The lowest BCUT2D eigenvalue weighted by Gasteiger charge is -2.15. The van der Waals surface area contributed by atoms with E-state index in [4.69, 9.17) is 4.74 Å². The van der Waals surface area contributed by atoms with Crippen molar-refractivity contribution in [3.8, 4) is 5.75 Å². The van der Waals surface area contributed by atoms with Gasteiger partial charge < -0.3 is 10.1 Å². The summed E-state index contributed by atoms with van der Waals surface area (Å²) < 4.78 is 41.4. The van der Waals surface area contributed by atoms with Crippen LogP contribution in [0.5, 0.6) is 5.75 Å². The Kier molecular flexibility index (Phi) is 4.26. The molecule has 96 valence electrons. The second-order valence-corrected chi connectivity index (χ2v) is 4.08. The summed E-state index contributed by atoms with van der Waals surface area (Å²) in [5, 5.41) is 2.35. The zero-order valence-corrected chi connectivity index (χ0v) is 10.1. The van der Waals surface area contributed by atoms with Gasteiger partial charge in [0.25, 0.3) is 0 Å². The van der Waals surface area contributed by atoms with E-state index in [-0.39, 0.29) is 5.92 Å². The number of hydrogen-bond donors (Lipinski definition) is 1. The number of rotatable bonds is 4. The molecule has 1 rings (SSSR count). The van der Waals surface area contributed by atoms with Crippen LogP contribution in [0.2, 0.25) is 0 Å². The standard InChI is InChI=1S/C12H16F3NO/c1-8(2)9-4-5-11(17-3)10(6-9)16-7-12(13,14)15/h4-6,8,16H,7H2,1-3H3. The van der Waals surface area contributed by atoms with Crippen molar-refractivity contribution >= 4 is 5.69 Å². The number of benzene rings is 1. The van der Waals surface area contributed by atoms with E-state index >= 15 is 0 Å². The summed E-state index contributed by atoms with van der Waals surface area (Å²) in [5.41, 5.74) is 1.34. The maximum Gasteiger partial charge on any atom is 0.405 e. The molecule has 0 amide bonds. The van der Waals surface area contributed by atoms with Crippen molar-refractivity contribution in [1.82, 2.24) is 0 Å². The van der Waals surface area contributed by atoms with Crippen molar-refractivity contribution in [1.29, 1.82) is 0 Å². The highest BCUT2D eigenvalue weighted by Crippen LogP contribution is 2.29. The molecule has 1 N–H and O–H groups in total. The van der Waals surface area contributed by atoms with Crippen LogP contribution in [0.4, 0.5) is 18.9 Å². The van der Waals surface area contributed by atoms with Crippen molar-refractivity contribution in [3.63, 3.8) is 0 Å². The normalized spacial score (nSPS) is 11.7. The van der Waals surface area contributed by atoms with Crippen molar-refractivity contribution in [3.05, 3.63) is 23.8 Å². The Morgan fingerprint density at radius 2 is 1.94 bits per heavy atom. The van der Waals surface area contributed by atoms with Gasteiger partial charge in [-0.1, -0.05) is 19.9 Å². The number of alkyl halides is 3. The molecule has 1 aromatic rings. The number of halogens is 3. The first-order valence-electron chi connectivity index (χ1n) is 5.32. The molecule has 0 aliphatic heterocycles. The van der Waals surface area contributed by atoms with E-state index in [2.05, 4.69) is 5.32 Å². The van der Waals surface area contributed by atoms with E-state index < -0.39 is 12.7 Å². The Morgan fingerprint density at radius 1 is 1.29 bits per heavy atom. The SMILES string of the molecule is COc1ccc(C(C)C)cc1NCC(F)(F)F. The van der Waals surface area contributed by atoms with Gasteiger partial charge in [-0.3, -0.25) is 0 Å². The summed E-state index contributed by atoms with van der Waals surface area (Å²) in [6.45, 7) is 2.90. The molecule has 0 bridgehead atoms. The van der Waals surface area contributed by atoms with Gasteiger partial charge in [0.1, 0.15) is 12.3 Å². The number of nitrogens with one attached hydrogen (secondary N) is 1. The summed E-state index contributed by atoms with van der Waals surface area (Å²) in [6, 6.07) is 5.21. The lowest BCUT2D eigenvalue weighted by molar-refractivity contribution is -0.115. The van der Waals surface area contributed by atoms with Crippen molar-refractivity contribution in [2.24, 2.45) is 0 Å². The van der Waals surface area contributed by atoms with Crippen LogP contribution in [0, 0.1) is 0 Å². The summed E-state index contributed by atoms with van der Waals surface area (Å²) in [5.74, 6) is 0.672. The molecule has 0 aromatic heterocycles. The molecular formula is C12H16F3NO. The van der Waals surface area contributed by atoms with Gasteiger partial charge in [0.15, 0.2) is 0 Å². The third-order valence-electron chi connectivity index (χ3n) is 2.37. The van der Waals surface area contributed by atoms with E-state index in [1.165, 1.54) is 7.11 Å². The van der Waals surface area contributed by atoms with Crippen LogP contribution >= 0.6 is 0 Å². The number of ether oxygens (including phenoxy) is 1. The predicted octanol–water partition coefficient (Wildman–Crippen LogP) is 3.79. The summed E-state index contributed by atoms with van der Waals surface area (Å²) in [7, 11) is 1.43. The average molecular weight is 247 g/mol. The lowest BCUT2D eigenvalue weighted by atomic mass is 10.0. The van der Waals surface area contributed by atoms with Crippen molar-refractivity contribution < 1.29 is 17.9 Å². The molecule has 0 spiro atoms. The van der Waals surface area contributed by atoms with E-state index in [0.717, 1.165) is 5.56 Å². The third-order valence-corrected chi connectivity index (χ3v) is 2.37.